The van der Waals surface area contributed by atoms with Crippen LogP contribution in [-0.4, -0.2) is 28.1 Å². The summed E-state index contributed by atoms with van der Waals surface area (Å²) in [5.74, 6) is 0.283. The maximum absolute atomic E-state index is 12.6. The molecule has 11 heteroatoms. The summed E-state index contributed by atoms with van der Waals surface area (Å²) >= 11 is 12.4. The average Bonchev–Trinajstić information content (AvgIpc) is 3.13. The zero-order valence-corrected chi connectivity index (χ0v) is 17.6. The van der Waals surface area contributed by atoms with Crippen molar-refractivity contribution in [2.75, 3.05) is 10.5 Å². The molecule has 0 unspecified atom stereocenters. The van der Waals surface area contributed by atoms with Gasteiger partial charge in [0.1, 0.15) is 10.7 Å². The highest BCUT2D eigenvalue weighted by Crippen LogP contribution is 2.34. The Bertz CT molecular complexity index is 1370. The molecule has 154 valence electrons. The van der Waals surface area contributed by atoms with E-state index in [-0.39, 0.29) is 33.1 Å². The smallest absolute Gasteiger partial charge is 0.263 e. The number of nitrogens with zero attached hydrogens (tertiary/aromatic N) is 3. The van der Waals surface area contributed by atoms with Crippen LogP contribution in [0.5, 0.6) is 0 Å². The van der Waals surface area contributed by atoms with E-state index in [1.54, 1.807) is 24.3 Å². The number of aliphatic hydroxyl groups is 1. The van der Waals surface area contributed by atoms with Crippen LogP contribution in [0, 0.1) is 0 Å². The number of nitrogens with two attached hydrogens (primary N) is 1. The van der Waals surface area contributed by atoms with Crippen molar-refractivity contribution in [3.63, 3.8) is 0 Å². The molecular formula is C19H15Cl2N5O3S. The zero-order valence-electron chi connectivity index (χ0n) is 15.3. The number of aromatic nitrogens is 3. The van der Waals surface area contributed by atoms with Crippen LogP contribution in [0.25, 0.3) is 16.8 Å². The fourth-order valence-corrected chi connectivity index (χ4v) is 4.84. The quantitative estimate of drug-likeness (QED) is 0.415. The van der Waals surface area contributed by atoms with Gasteiger partial charge in [0.05, 0.1) is 28.5 Å². The highest BCUT2D eigenvalue weighted by Gasteiger charge is 2.19. The van der Waals surface area contributed by atoms with Crippen molar-refractivity contribution in [1.82, 2.24) is 14.6 Å². The molecule has 2 heterocycles. The standard InChI is InChI=1S/C19H15Cl2N5O3S/c20-15-3-1-2-4-17(15)30(28,29)25-12-5-6-13(16(21)7-12)14-9-23-19-11(10-27)8-24-26(19)18(14)22/h1-9,25,27H,10,22H2. The Morgan fingerprint density at radius 1 is 1.07 bits per heavy atom. The molecule has 0 saturated carbocycles. The van der Waals surface area contributed by atoms with E-state index in [1.165, 1.54) is 35.1 Å². The predicted molar refractivity (Wildman–Crippen MR) is 116 cm³/mol. The second kappa shape index (κ2) is 7.77. The molecule has 0 atom stereocenters. The molecule has 2 aromatic heterocycles. The van der Waals surface area contributed by atoms with Gasteiger partial charge < -0.3 is 10.8 Å². The zero-order chi connectivity index (χ0) is 21.5. The number of hydrogen-bond donors (Lipinski definition) is 3. The van der Waals surface area contributed by atoms with Crippen LogP contribution in [0.3, 0.4) is 0 Å². The molecule has 0 fully saturated rings. The van der Waals surface area contributed by atoms with Crippen molar-refractivity contribution in [3.8, 4) is 11.1 Å². The van der Waals surface area contributed by atoms with Crippen LogP contribution < -0.4 is 10.5 Å². The molecule has 0 aliphatic rings. The Morgan fingerprint density at radius 3 is 2.53 bits per heavy atom. The lowest BCUT2D eigenvalue weighted by Crippen LogP contribution is -2.13. The number of nitrogens with one attached hydrogen (secondary N) is 1. The van der Waals surface area contributed by atoms with Gasteiger partial charge in [-0.25, -0.2) is 13.4 Å². The van der Waals surface area contributed by atoms with E-state index in [2.05, 4.69) is 14.8 Å². The maximum atomic E-state index is 12.6. The number of halogens is 2. The molecule has 30 heavy (non-hydrogen) atoms. The lowest BCUT2D eigenvalue weighted by molar-refractivity contribution is 0.283. The number of hydrogen-bond acceptors (Lipinski definition) is 6. The van der Waals surface area contributed by atoms with Gasteiger partial charge in [-0.15, -0.1) is 0 Å². The largest absolute Gasteiger partial charge is 0.391 e. The SMILES string of the molecule is Nc1c(-c2ccc(NS(=O)(=O)c3ccccc3Cl)cc2Cl)cnc2c(CO)cnn12. The third kappa shape index (κ3) is 3.56. The van der Waals surface area contributed by atoms with Gasteiger partial charge >= 0.3 is 0 Å². The molecule has 0 aliphatic heterocycles. The van der Waals surface area contributed by atoms with Crippen molar-refractivity contribution >= 4 is 50.4 Å². The van der Waals surface area contributed by atoms with Gasteiger partial charge in [-0.1, -0.05) is 41.4 Å². The van der Waals surface area contributed by atoms with Gasteiger partial charge in [0, 0.05) is 22.9 Å². The number of rotatable bonds is 5. The molecule has 4 rings (SSSR count). The number of benzene rings is 2. The fraction of sp³-hybridized carbons (Fsp3) is 0.0526. The van der Waals surface area contributed by atoms with Crippen LogP contribution in [0.15, 0.2) is 59.8 Å². The lowest BCUT2D eigenvalue weighted by Gasteiger charge is -2.13. The molecule has 0 aliphatic carbocycles. The molecule has 8 nitrogen and oxygen atoms in total. The van der Waals surface area contributed by atoms with Crippen molar-refractivity contribution < 1.29 is 13.5 Å². The average molecular weight is 464 g/mol. The van der Waals surface area contributed by atoms with Gasteiger partial charge in [0.25, 0.3) is 10.0 Å². The van der Waals surface area contributed by atoms with Gasteiger partial charge in [-0.05, 0) is 24.3 Å². The Hall–Kier alpha value is -2.85. The molecule has 4 aromatic rings. The first-order valence-electron chi connectivity index (χ1n) is 8.61. The summed E-state index contributed by atoms with van der Waals surface area (Å²) in [6, 6.07) is 10.8. The van der Waals surface area contributed by atoms with Crippen molar-refractivity contribution in [1.29, 1.82) is 0 Å². The summed E-state index contributed by atoms with van der Waals surface area (Å²) < 4.78 is 29.1. The van der Waals surface area contributed by atoms with E-state index in [4.69, 9.17) is 28.9 Å². The highest BCUT2D eigenvalue weighted by atomic mass is 35.5. The Morgan fingerprint density at radius 2 is 1.83 bits per heavy atom. The minimum absolute atomic E-state index is 0.0378. The van der Waals surface area contributed by atoms with Crippen LogP contribution >= 0.6 is 23.2 Å². The highest BCUT2D eigenvalue weighted by molar-refractivity contribution is 7.92. The summed E-state index contributed by atoms with van der Waals surface area (Å²) in [6.45, 7) is -0.212. The lowest BCUT2D eigenvalue weighted by atomic mass is 10.1. The summed E-state index contributed by atoms with van der Waals surface area (Å²) in [5.41, 5.74) is 8.53. The molecular weight excluding hydrogens is 449 g/mol. The fourth-order valence-electron chi connectivity index (χ4n) is 2.98. The second-order valence-electron chi connectivity index (χ2n) is 6.35. The monoisotopic (exact) mass is 463 g/mol. The third-order valence-corrected chi connectivity index (χ3v) is 6.64. The van der Waals surface area contributed by atoms with Crippen molar-refractivity contribution in [2.45, 2.75) is 11.5 Å². The number of fused-ring (bicyclic) bond motifs is 1. The summed E-state index contributed by atoms with van der Waals surface area (Å²) in [4.78, 5) is 4.26. The molecule has 0 radical (unpaired) electrons. The van der Waals surface area contributed by atoms with Gasteiger partial charge in [-0.2, -0.15) is 9.61 Å². The first-order chi connectivity index (χ1) is 14.3. The molecule has 2 aromatic carbocycles. The number of nitrogen functional groups attached to an aromatic ring is 1. The predicted octanol–water partition coefficient (Wildman–Crippen LogP) is 3.58. The third-order valence-electron chi connectivity index (χ3n) is 4.44. The van der Waals surface area contributed by atoms with Crippen LogP contribution in [0.4, 0.5) is 11.5 Å². The van der Waals surface area contributed by atoms with Crippen LogP contribution in [-0.2, 0) is 16.6 Å². The molecule has 0 bridgehead atoms. The Kier molecular flexibility index (Phi) is 5.29. The van der Waals surface area contributed by atoms with Crippen LogP contribution in [0.2, 0.25) is 10.0 Å². The number of anilines is 2. The van der Waals surface area contributed by atoms with E-state index in [0.29, 0.717) is 22.3 Å². The topological polar surface area (TPSA) is 123 Å². The molecule has 0 saturated heterocycles. The first-order valence-corrected chi connectivity index (χ1v) is 10.8. The normalized spacial score (nSPS) is 11.7. The minimum atomic E-state index is -3.89. The van der Waals surface area contributed by atoms with Crippen LogP contribution in [0.1, 0.15) is 5.56 Å². The number of aliphatic hydroxyl groups excluding tert-OH is 1. The van der Waals surface area contributed by atoms with Crippen molar-refractivity contribution in [3.05, 3.63) is 70.5 Å². The van der Waals surface area contributed by atoms with E-state index in [0.717, 1.165) is 0 Å². The molecule has 0 amide bonds. The van der Waals surface area contributed by atoms with Gasteiger partial charge in [-0.3, -0.25) is 4.72 Å². The summed E-state index contributed by atoms with van der Waals surface area (Å²) in [6.07, 6.45) is 3.01. The summed E-state index contributed by atoms with van der Waals surface area (Å²) in [7, 11) is -3.89. The number of sulfonamides is 1. The van der Waals surface area contributed by atoms with Gasteiger partial charge in [0.2, 0.25) is 0 Å². The molecule has 4 N–H and O–H groups in total. The van der Waals surface area contributed by atoms with E-state index in [9.17, 15) is 13.5 Å². The maximum Gasteiger partial charge on any atom is 0.263 e. The van der Waals surface area contributed by atoms with E-state index < -0.39 is 10.0 Å². The van der Waals surface area contributed by atoms with Crippen molar-refractivity contribution in [2.24, 2.45) is 0 Å². The molecule has 0 spiro atoms. The second-order valence-corrected chi connectivity index (χ2v) is 8.82. The van der Waals surface area contributed by atoms with E-state index in [1.807, 2.05) is 0 Å². The van der Waals surface area contributed by atoms with E-state index >= 15 is 0 Å². The Balaban J connectivity index is 1.70. The minimum Gasteiger partial charge on any atom is -0.391 e. The first kappa shape index (κ1) is 20.4. The Labute approximate surface area is 181 Å². The van der Waals surface area contributed by atoms with Gasteiger partial charge in [0.15, 0.2) is 5.65 Å². The summed E-state index contributed by atoms with van der Waals surface area (Å²) in [5, 5.41) is 13.9.